The molecule has 0 amide bonds. The first-order valence-electron chi connectivity index (χ1n) is 10.9. The van der Waals surface area contributed by atoms with Crippen LogP contribution in [0, 0.1) is 5.92 Å². The van der Waals surface area contributed by atoms with Crippen molar-refractivity contribution in [3.63, 3.8) is 0 Å². The van der Waals surface area contributed by atoms with Crippen molar-refractivity contribution in [3.8, 4) is 11.3 Å². The smallest absolute Gasteiger partial charge is 0.399 e. The molecule has 0 aliphatic carbocycles. The van der Waals surface area contributed by atoms with Crippen molar-refractivity contribution in [3.05, 3.63) is 36.3 Å². The summed E-state index contributed by atoms with van der Waals surface area (Å²) >= 11 is 0. The predicted molar refractivity (Wildman–Crippen MR) is 118 cm³/mol. The summed E-state index contributed by atoms with van der Waals surface area (Å²) < 4.78 is 12.3. The van der Waals surface area contributed by atoms with Gasteiger partial charge in [-0.1, -0.05) is 37.6 Å². The summed E-state index contributed by atoms with van der Waals surface area (Å²) in [5.74, 6) is 1.78. The minimum Gasteiger partial charge on any atom is -0.399 e. The lowest BCUT2D eigenvalue weighted by Gasteiger charge is -2.32. The third-order valence-electron chi connectivity index (χ3n) is 7.06. The van der Waals surface area contributed by atoms with E-state index in [1.54, 1.807) is 0 Å². The zero-order valence-electron chi connectivity index (χ0n) is 18.7. The largest absolute Gasteiger partial charge is 0.494 e. The van der Waals surface area contributed by atoms with E-state index >= 15 is 0 Å². The summed E-state index contributed by atoms with van der Waals surface area (Å²) in [6.45, 7) is 11.7. The fourth-order valence-corrected chi connectivity index (χ4v) is 4.56. The van der Waals surface area contributed by atoms with Crippen molar-refractivity contribution in [1.29, 1.82) is 0 Å². The molecular formula is C23H34BN3O2. The Morgan fingerprint density at radius 2 is 1.79 bits per heavy atom. The van der Waals surface area contributed by atoms with E-state index in [2.05, 4.69) is 75.8 Å². The highest BCUT2D eigenvalue weighted by molar-refractivity contribution is 6.62. The van der Waals surface area contributed by atoms with Gasteiger partial charge in [0.25, 0.3) is 0 Å². The molecule has 6 heteroatoms. The first-order chi connectivity index (χ1) is 13.7. The molecule has 3 heterocycles. The molecule has 2 aliphatic heterocycles. The van der Waals surface area contributed by atoms with E-state index in [1.807, 2.05) is 6.20 Å². The molecule has 5 nitrogen and oxygen atoms in total. The Hall–Kier alpha value is -1.63. The number of H-pyrrole nitrogens is 1. The molecule has 2 aliphatic rings. The van der Waals surface area contributed by atoms with Crippen molar-refractivity contribution in [2.24, 2.45) is 5.92 Å². The van der Waals surface area contributed by atoms with Crippen LogP contribution in [0.4, 0.5) is 0 Å². The van der Waals surface area contributed by atoms with Gasteiger partial charge >= 0.3 is 7.12 Å². The number of imidazole rings is 1. The molecule has 0 spiro atoms. The van der Waals surface area contributed by atoms with Crippen LogP contribution < -0.4 is 5.46 Å². The van der Waals surface area contributed by atoms with Crippen LogP contribution in [0.25, 0.3) is 11.3 Å². The molecule has 2 fully saturated rings. The number of rotatable bonds is 5. The highest BCUT2D eigenvalue weighted by Crippen LogP contribution is 2.38. The average molecular weight is 395 g/mol. The zero-order chi connectivity index (χ0) is 20.8. The maximum atomic E-state index is 6.17. The third kappa shape index (κ3) is 3.78. The Morgan fingerprint density at radius 1 is 1.14 bits per heavy atom. The number of hydrogen-bond donors (Lipinski definition) is 1. The molecule has 0 bridgehead atoms. The second-order valence-corrected chi connectivity index (χ2v) is 9.66. The van der Waals surface area contributed by atoms with Gasteiger partial charge in [-0.05, 0) is 71.1 Å². The zero-order valence-corrected chi connectivity index (χ0v) is 18.7. The lowest BCUT2D eigenvalue weighted by molar-refractivity contribution is 0.00578. The van der Waals surface area contributed by atoms with Gasteiger partial charge in [0.05, 0.1) is 29.1 Å². The maximum absolute atomic E-state index is 6.17. The van der Waals surface area contributed by atoms with E-state index in [9.17, 15) is 0 Å². The number of aromatic nitrogens is 2. The number of likely N-dealkylation sites (tertiary alicyclic amines) is 1. The van der Waals surface area contributed by atoms with E-state index in [4.69, 9.17) is 14.3 Å². The first-order valence-corrected chi connectivity index (χ1v) is 10.9. The first kappa shape index (κ1) is 20.6. The van der Waals surface area contributed by atoms with Crippen LogP contribution in [0.5, 0.6) is 0 Å². The van der Waals surface area contributed by atoms with Gasteiger partial charge in [-0.15, -0.1) is 0 Å². The Kier molecular flexibility index (Phi) is 5.39. The Balaban J connectivity index is 1.51. The second kappa shape index (κ2) is 7.57. The van der Waals surface area contributed by atoms with E-state index in [-0.39, 0.29) is 18.3 Å². The van der Waals surface area contributed by atoms with E-state index in [0.717, 1.165) is 29.1 Å². The van der Waals surface area contributed by atoms with Crippen molar-refractivity contribution >= 4 is 12.6 Å². The van der Waals surface area contributed by atoms with Gasteiger partial charge < -0.3 is 14.3 Å². The lowest BCUT2D eigenvalue weighted by atomic mass is 9.79. The van der Waals surface area contributed by atoms with Crippen LogP contribution in [0.15, 0.2) is 30.5 Å². The van der Waals surface area contributed by atoms with Crippen molar-refractivity contribution in [2.75, 3.05) is 13.6 Å². The van der Waals surface area contributed by atoms with Crippen LogP contribution in [0.1, 0.15) is 65.7 Å². The molecule has 1 aromatic heterocycles. The standard InChI is InChI=1S/C23H34BN3O2/c1-7-8-17-13-14-27(6)20(17)21-25-15-19(26-21)16-9-11-18(12-10-16)24-28-22(2,3)23(4,5)29-24/h9-12,15,17,20H,7-8,13-14H2,1-6H3,(H,25,26). The fourth-order valence-electron chi connectivity index (χ4n) is 4.56. The van der Waals surface area contributed by atoms with E-state index in [1.165, 1.54) is 19.3 Å². The molecular weight excluding hydrogens is 361 g/mol. The minimum absolute atomic E-state index is 0.322. The van der Waals surface area contributed by atoms with Crippen LogP contribution in [0.2, 0.25) is 0 Å². The normalized spacial score (nSPS) is 26.3. The summed E-state index contributed by atoms with van der Waals surface area (Å²) in [5.41, 5.74) is 2.60. The lowest BCUT2D eigenvalue weighted by Crippen LogP contribution is -2.41. The molecule has 2 atom stereocenters. The van der Waals surface area contributed by atoms with Gasteiger partial charge in [0, 0.05) is 0 Å². The fraction of sp³-hybridized carbons (Fsp3) is 0.609. The quantitative estimate of drug-likeness (QED) is 0.773. The summed E-state index contributed by atoms with van der Waals surface area (Å²) in [5, 5.41) is 0. The van der Waals surface area contributed by atoms with Crippen molar-refractivity contribution < 1.29 is 9.31 Å². The number of aromatic amines is 1. The molecule has 0 saturated carbocycles. The van der Waals surface area contributed by atoms with Crippen LogP contribution in [0.3, 0.4) is 0 Å². The van der Waals surface area contributed by atoms with Gasteiger partial charge in [0.15, 0.2) is 0 Å². The molecule has 2 saturated heterocycles. The number of nitrogens with one attached hydrogen (secondary N) is 1. The van der Waals surface area contributed by atoms with Crippen LogP contribution >= 0.6 is 0 Å². The second-order valence-electron chi connectivity index (χ2n) is 9.66. The molecule has 0 radical (unpaired) electrons. The Morgan fingerprint density at radius 3 is 2.41 bits per heavy atom. The van der Waals surface area contributed by atoms with E-state index in [0.29, 0.717) is 12.0 Å². The van der Waals surface area contributed by atoms with Gasteiger partial charge in [-0.25, -0.2) is 4.98 Å². The predicted octanol–water partition coefficient (Wildman–Crippen LogP) is 4.17. The van der Waals surface area contributed by atoms with Gasteiger partial charge in [0.2, 0.25) is 0 Å². The molecule has 156 valence electrons. The Bertz CT molecular complexity index is 828. The number of hydrogen-bond acceptors (Lipinski definition) is 4. The summed E-state index contributed by atoms with van der Waals surface area (Å²) in [6, 6.07) is 8.84. The van der Waals surface area contributed by atoms with Gasteiger partial charge in [-0.2, -0.15) is 0 Å². The van der Waals surface area contributed by atoms with Gasteiger partial charge in [-0.3, -0.25) is 4.90 Å². The van der Waals surface area contributed by atoms with Crippen LogP contribution in [-0.4, -0.2) is 46.8 Å². The van der Waals surface area contributed by atoms with Crippen molar-refractivity contribution in [2.45, 2.75) is 71.1 Å². The molecule has 1 aromatic carbocycles. The monoisotopic (exact) mass is 395 g/mol. The summed E-state index contributed by atoms with van der Waals surface area (Å²) in [6.07, 6.45) is 5.71. The summed E-state index contributed by atoms with van der Waals surface area (Å²) in [4.78, 5) is 10.8. The molecule has 1 N–H and O–H groups in total. The Labute approximate surface area is 175 Å². The molecule has 2 unspecified atom stereocenters. The van der Waals surface area contributed by atoms with Crippen LogP contribution in [-0.2, 0) is 9.31 Å². The van der Waals surface area contributed by atoms with E-state index < -0.39 is 0 Å². The summed E-state index contributed by atoms with van der Waals surface area (Å²) in [7, 11) is 1.88. The van der Waals surface area contributed by atoms with Gasteiger partial charge in [0.1, 0.15) is 5.82 Å². The highest BCUT2D eigenvalue weighted by atomic mass is 16.7. The maximum Gasteiger partial charge on any atom is 0.494 e. The highest BCUT2D eigenvalue weighted by Gasteiger charge is 2.51. The molecule has 29 heavy (non-hydrogen) atoms. The topological polar surface area (TPSA) is 50.4 Å². The SMILES string of the molecule is CCCC1CCN(C)C1c1ncc(-c2ccc(B3OC(C)(C)C(C)(C)O3)cc2)[nH]1. The number of benzene rings is 1. The van der Waals surface area contributed by atoms with Crippen molar-refractivity contribution in [1.82, 2.24) is 14.9 Å². The average Bonchev–Trinajstić information content (AvgIpc) is 3.33. The number of nitrogens with zero attached hydrogens (tertiary/aromatic N) is 2. The molecule has 2 aromatic rings. The minimum atomic E-state index is -0.326. The third-order valence-corrected chi connectivity index (χ3v) is 7.06. The molecule has 4 rings (SSSR count).